The summed E-state index contributed by atoms with van der Waals surface area (Å²) in [6.07, 6.45) is 2.83. The highest BCUT2D eigenvalue weighted by atomic mass is 35.5. The molecule has 1 N–H and O–H groups in total. The van der Waals surface area contributed by atoms with E-state index in [0.29, 0.717) is 30.1 Å². The maximum Gasteiger partial charge on any atom is 0.243 e. The van der Waals surface area contributed by atoms with Crippen molar-refractivity contribution < 1.29 is 13.2 Å². The second-order valence-electron chi connectivity index (χ2n) is 7.45. The van der Waals surface area contributed by atoms with E-state index >= 15 is 0 Å². The van der Waals surface area contributed by atoms with Gasteiger partial charge in [0.2, 0.25) is 15.9 Å². The zero-order valence-electron chi connectivity index (χ0n) is 16.7. The van der Waals surface area contributed by atoms with Crippen LogP contribution in [0.2, 0.25) is 5.02 Å². The van der Waals surface area contributed by atoms with Crippen molar-refractivity contribution in [3.8, 4) is 0 Å². The summed E-state index contributed by atoms with van der Waals surface area (Å²) in [6, 6.07) is 7.91. The normalized spacial score (nSPS) is 17.9. The third kappa shape index (κ3) is 3.92. The van der Waals surface area contributed by atoms with E-state index in [1.807, 2.05) is 20.0 Å². The fourth-order valence-electron chi connectivity index (χ4n) is 3.75. The van der Waals surface area contributed by atoms with Crippen molar-refractivity contribution in [1.82, 2.24) is 19.1 Å². The smallest absolute Gasteiger partial charge is 0.243 e. The molecule has 1 unspecified atom stereocenters. The van der Waals surface area contributed by atoms with Gasteiger partial charge in [0.05, 0.1) is 28.4 Å². The van der Waals surface area contributed by atoms with Crippen LogP contribution in [0.1, 0.15) is 18.5 Å². The number of pyridine rings is 1. The van der Waals surface area contributed by atoms with Crippen LogP contribution >= 0.6 is 11.6 Å². The van der Waals surface area contributed by atoms with E-state index in [-0.39, 0.29) is 17.3 Å². The quantitative estimate of drug-likeness (QED) is 0.663. The van der Waals surface area contributed by atoms with E-state index in [1.54, 1.807) is 23.0 Å². The Kier molecular flexibility index (Phi) is 5.52. The Hall–Kier alpha value is -2.49. The number of anilines is 1. The Labute approximate surface area is 179 Å². The van der Waals surface area contributed by atoms with Gasteiger partial charge in [-0.3, -0.25) is 9.48 Å². The summed E-state index contributed by atoms with van der Waals surface area (Å²) in [5, 5.41) is 8.55. The standard InChI is InChI=1S/C20H22ClN5O3S/c1-13-18-10-16(11-22-19(18)25(2)24-13)23-20(27)14-4-3-9-26(12-14)30(28,29)17-7-5-15(21)6-8-17/h5-8,10-11,14H,3-4,9,12H2,1-2H3,(H,23,27). The number of aromatic nitrogens is 3. The Balaban J connectivity index is 1.49. The average Bonchev–Trinajstić information content (AvgIpc) is 3.01. The van der Waals surface area contributed by atoms with Gasteiger partial charge < -0.3 is 5.32 Å². The van der Waals surface area contributed by atoms with Gasteiger partial charge in [-0.05, 0) is 50.1 Å². The number of piperidine rings is 1. The predicted molar refractivity (Wildman–Crippen MR) is 115 cm³/mol. The molecular weight excluding hydrogens is 426 g/mol. The Morgan fingerprint density at radius 1 is 1.27 bits per heavy atom. The molecule has 1 amide bonds. The van der Waals surface area contributed by atoms with Crippen molar-refractivity contribution in [2.45, 2.75) is 24.7 Å². The summed E-state index contributed by atoms with van der Waals surface area (Å²) < 4.78 is 28.9. The Bertz CT molecular complexity index is 1210. The van der Waals surface area contributed by atoms with Gasteiger partial charge in [-0.1, -0.05) is 11.6 Å². The first kappa shape index (κ1) is 20.8. The summed E-state index contributed by atoms with van der Waals surface area (Å²) in [5.74, 6) is -0.653. The number of amides is 1. The van der Waals surface area contributed by atoms with Crippen LogP contribution in [0.3, 0.4) is 0 Å². The zero-order valence-corrected chi connectivity index (χ0v) is 18.2. The molecule has 1 aliphatic heterocycles. The lowest BCUT2D eigenvalue weighted by Gasteiger charge is -2.31. The van der Waals surface area contributed by atoms with Crippen LogP contribution in [0.15, 0.2) is 41.4 Å². The van der Waals surface area contributed by atoms with Gasteiger partial charge in [0.15, 0.2) is 5.65 Å². The molecule has 1 saturated heterocycles. The molecule has 4 rings (SSSR count). The molecular formula is C20H22ClN5O3S. The number of fused-ring (bicyclic) bond motifs is 1. The van der Waals surface area contributed by atoms with Crippen LogP contribution < -0.4 is 5.32 Å². The van der Waals surface area contributed by atoms with E-state index in [2.05, 4.69) is 15.4 Å². The first-order valence-corrected chi connectivity index (χ1v) is 11.4. The summed E-state index contributed by atoms with van der Waals surface area (Å²) >= 11 is 5.87. The molecule has 8 nitrogen and oxygen atoms in total. The first-order chi connectivity index (χ1) is 14.3. The summed E-state index contributed by atoms with van der Waals surface area (Å²) in [4.78, 5) is 17.4. The topological polar surface area (TPSA) is 97.2 Å². The van der Waals surface area contributed by atoms with Gasteiger partial charge >= 0.3 is 0 Å². The Morgan fingerprint density at radius 2 is 2.00 bits per heavy atom. The van der Waals surface area contributed by atoms with Gasteiger partial charge in [-0.15, -0.1) is 0 Å². The summed E-state index contributed by atoms with van der Waals surface area (Å²) in [6.45, 7) is 2.41. The highest BCUT2D eigenvalue weighted by Gasteiger charge is 2.33. The van der Waals surface area contributed by atoms with E-state index in [1.165, 1.54) is 16.4 Å². The van der Waals surface area contributed by atoms with Crippen LogP contribution in [0.4, 0.5) is 5.69 Å². The highest BCUT2D eigenvalue weighted by Crippen LogP contribution is 2.26. The number of benzene rings is 1. The molecule has 30 heavy (non-hydrogen) atoms. The number of carbonyl (C=O) groups excluding carboxylic acids is 1. The van der Waals surface area contributed by atoms with E-state index < -0.39 is 15.9 Å². The van der Waals surface area contributed by atoms with E-state index in [9.17, 15) is 13.2 Å². The lowest BCUT2D eigenvalue weighted by molar-refractivity contribution is -0.120. The van der Waals surface area contributed by atoms with Crippen LogP contribution in [0.5, 0.6) is 0 Å². The Morgan fingerprint density at radius 3 is 2.73 bits per heavy atom. The van der Waals surface area contributed by atoms with E-state index in [4.69, 9.17) is 11.6 Å². The van der Waals surface area contributed by atoms with Crippen molar-refractivity contribution in [2.75, 3.05) is 18.4 Å². The number of aryl methyl sites for hydroxylation is 2. The maximum absolute atomic E-state index is 12.9. The molecule has 1 fully saturated rings. The van der Waals surface area contributed by atoms with E-state index in [0.717, 1.165) is 16.7 Å². The maximum atomic E-state index is 12.9. The lowest BCUT2D eigenvalue weighted by Crippen LogP contribution is -2.43. The fourth-order valence-corrected chi connectivity index (χ4v) is 5.40. The molecule has 10 heteroatoms. The number of halogens is 1. The lowest BCUT2D eigenvalue weighted by atomic mass is 9.99. The van der Waals surface area contributed by atoms with Crippen molar-refractivity contribution >= 4 is 44.3 Å². The van der Waals surface area contributed by atoms with Gasteiger partial charge in [0.25, 0.3) is 0 Å². The SMILES string of the molecule is Cc1nn(C)c2ncc(NC(=O)C3CCCN(S(=O)(=O)c4ccc(Cl)cc4)C3)cc12. The van der Waals surface area contributed by atoms with Crippen molar-refractivity contribution in [3.63, 3.8) is 0 Å². The number of sulfonamides is 1. The summed E-state index contributed by atoms with van der Waals surface area (Å²) in [5.41, 5.74) is 2.14. The van der Waals surface area contributed by atoms with Crippen LogP contribution in [0, 0.1) is 12.8 Å². The fraction of sp³-hybridized carbons (Fsp3) is 0.350. The molecule has 0 aliphatic carbocycles. The number of nitrogens with one attached hydrogen (secondary N) is 1. The number of carbonyl (C=O) groups is 1. The summed E-state index contributed by atoms with van der Waals surface area (Å²) in [7, 11) is -1.86. The molecule has 0 radical (unpaired) electrons. The van der Waals surface area contributed by atoms with Crippen molar-refractivity contribution in [1.29, 1.82) is 0 Å². The number of hydrogen-bond donors (Lipinski definition) is 1. The third-order valence-electron chi connectivity index (χ3n) is 5.34. The zero-order chi connectivity index (χ0) is 21.5. The predicted octanol–water partition coefficient (Wildman–Crippen LogP) is 2.97. The third-order valence-corrected chi connectivity index (χ3v) is 7.47. The number of hydrogen-bond acceptors (Lipinski definition) is 5. The molecule has 1 aromatic carbocycles. The largest absolute Gasteiger partial charge is 0.324 e. The van der Waals surface area contributed by atoms with Crippen molar-refractivity contribution in [3.05, 3.63) is 47.2 Å². The minimum Gasteiger partial charge on any atom is -0.324 e. The number of nitrogens with zero attached hydrogens (tertiary/aromatic N) is 4. The molecule has 1 atom stereocenters. The second-order valence-corrected chi connectivity index (χ2v) is 9.82. The molecule has 0 saturated carbocycles. The minimum atomic E-state index is -3.68. The van der Waals surface area contributed by atoms with Crippen LogP contribution in [0.25, 0.3) is 11.0 Å². The molecule has 3 heterocycles. The first-order valence-electron chi connectivity index (χ1n) is 9.61. The van der Waals surface area contributed by atoms with Gasteiger partial charge in [-0.25, -0.2) is 13.4 Å². The average molecular weight is 448 g/mol. The molecule has 3 aromatic rings. The van der Waals surface area contributed by atoms with Crippen molar-refractivity contribution in [2.24, 2.45) is 13.0 Å². The molecule has 0 bridgehead atoms. The molecule has 2 aromatic heterocycles. The van der Waals surface area contributed by atoms with Crippen LogP contribution in [-0.2, 0) is 21.9 Å². The monoisotopic (exact) mass is 447 g/mol. The van der Waals surface area contributed by atoms with Gasteiger partial charge in [-0.2, -0.15) is 9.40 Å². The highest BCUT2D eigenvalue weighted by molar-refractivity contribution is 7.89. The van der Waals surface area contributed by atoms with Gasteiger partial charge in [0.1, 0.15) is 0 Å². The molecule has 158 valence electrons. The van der Waals surface area contributed by atoms with Crippen LogP contribution in [-0.4, -0.2) is 46.5 Å². The molecule has 0 spiro atoms. The minimum absolute atomic E-state index is 0.137. The second kappa shape index (κ2) is 7.98. The number of rotatable bonds is 4. The van der Waals surface area contributed by atoms with Gasteiger partial charge in [0, 0.05) is 30.5 Å². The molecule has 1 aliphatic rings.